The van der Waals surface area contributed by atoms with E-state index in [2.05, 4.69) is 65.9 Å². The van der Waals surface area contributed by atoms with Crippen LogP contribution >= 0.6 is 11.3 Å². The second kappa shape index (κ2) is 20.1. The van der Waals surface area contributed by atoms with Gasteiger partial charge in [0.2, 0.25) is 6.41 Å². The van der Waals surface area contributed by atoms with Gasteiger partial charge in [-0.3, -0.25) is 9.59 Å². The van der Waals surface area contributed by atoms with Crippen molar-refractivity contribution >= 4 is 23.7 Å². The third-order valence-corrected chi connectivity index (χ3v) is 7.36. The number of aryl methyl sites for hydroxylation is 4. The molecule has 0 radical (unpaired) electrons. The van der Waals surface area contributed by atoms with Crippen LogP contribution in [0, 0.1) is 20.8 Å². The Hall–Kier alpha value is -3.95. The van der Waals surface area contributed by atoms with Crippen molar-refractivity contribution in [2.45, 2.75) is 60.1 Å². The zero-order valence-electron chi connectivity index (χ0n) is 26.3. The standard InChI is InChI=1S/C15H16F2N2OS.C13H20N2O.C7H8/c1-9-4-11(14(16)17)6-12(5-9)15(20)19(3)7-13-18-10(2)8-21-13;1-2-12-5-3-6-13(9-12)10-14-7-4-8-15-11-16;1-7-5-3-2-4-6-7/h4-6,8,14H,7H2,1-3H3;3,5-6,9,11,14H,2,4,7-8,10H2,1H3,(H,15,16);2-6H,1H3. The summed E-state index contributed by atoms with van der Waals surface area (Å²) in [6, 6.07) is 23.2. The van der Waals surface area contributed by atoms with Crippen molar-refractivity contribution in [3.63, 3.8) is 0 Å². The van der Waals surface area contributed by atoms with Crippen LogP contribution in [0.4, 0.5) is 8.78 Å². The lowest BCUT2D eigenvalue weighted by molar-refractivity contribution is -0.109. The number of amides is 2. The fraction of sp³-hybridized carbons (Fsp3) is 0.343. The van der Waals surface area contributed by atoms with E-state index in [1.54, 1.807) is 20.0 Å². The van der Waals surface area contributed by atoms with E-state index < -0.39 is 6.43 Å². The van der Waals surface area contributed by atoms with Crippen LogP contribution in [-0.2, 0) is 24.3 Å². The molecule has 0 aliphatic heterocycles. The molecule has 4 aromatic rings. The first-order chi connectivity index (χ1) is 21.1. The minimum absolute atomic E-state index is 0.128. The van der Waals surface area contributed by atoms with Crippen molar-refractivity contribution in [1.82, 2.24) is 20.5 Å². The molecule has 6 nitrogen and oxygen atoms in total. The Balaban J connectivity index is 0.000000258. The molecule has 0 spiro atoms. The molecule has 44 heavy (non-hydrogen) atoms. The molecular formula is C35H44F2N4O2S. The summed E-state index contributed by atoms with van der Waals surface area (Å²) in [7, 11) is 1.64. The summed E-state index contributed by atoms with van der Waals surface area (Å²) in [6.07, 6.45) is 0.206. The molecule has 4 rings (SSSR count). The average Bonchev–Trinajstić information content (AvgIpc) is 3.43. The maximum atomic E-state index is 12.8. The first kappa shape index (κ1) is 36.2. The number of nitrogens with zero attached hydrogens (tertiary/aromatic N) is 2. The molecule has 3 aromatic carbocycles. The number of hydrogen-bond donors (Lipinski definition) is 2. The third kappa shape index (κ3) is 14.0. The van der Waals surface area contributed by atoms with Gasteiger partial charge in [0.1, 0.15) is 5.01 Å². The van der Waals surface area contributed by atoms with E-state index in [9.17, 15) is 18.4 Å². The van der Waals surface area contributed by atoms with Crippen molar-refractivity contribution in [2.24, 2.45) is 0 Å². The lowest BCUT2D eigenvalue weighted by Gasteiger charge is -2.16. The zero-order valence-corrected chi connectivity index (χ0v) is 27.1. The predicted octanol–water partition coefficient (Wildman–Crippen LogP) is 7.44. The number of thiazole rings is 1. The van der Waals surface area contributed by atoms with Crippen LogP contribution in [0.3, 0.4) is 0 Å². The Labute approximate surface area is 264 Å². The highest BCUT2D eigenvalue weighted by atomic mass is 32.1. The monoisotopic (exact) mass is 622 g/mol. The quantitative estimate of drug-likeness (QED) is 0.127. The van der Waals surface area contributed by atoms with Crippen LogP contribution in [0.2, 0.25) is 0 Å². The lowest BCUT2D eigenvalue weighted by Crippen LogP contribution is -2.26. The molecule has 0 aliphatic rings. The zero-order chi connectivity index (χ0) is 32.3. The van der Waals surface area contributed by atoms with Crippen LogP contribution in [-0.4, -0.2) is 42.3 Å². The highest BCUT2D eigenvalue weighted by Crippen LogP contribution is 2.22. The average molecular weight is 623 g/mol. The van der Waals surface area contributed by atoms with E-state index in [4.69, 9.17) is 0 Å². The first-order valence-corrected chi connectivity index (χ1v) is 15.5. The number of hydrogen-bond acceptors (Lipinski definition) is 5. The number of aromatic nitrogens is 1. The Kier molecular flexibility index (Phi) is 16.5. The third-order valence-electron chi connectivity index (χ3n) is 6.41. The van der Waals surface area contributed by atoms with Gasteiger partial charge in [-0.05, 0) is 69.0 Å². The number of nitrogens with one attached hydrogen (secondary N) is 2. The van der Waals surface area contributed by atoms with E-state index in [1.807, 2.05) is 30.5 Å². The van der Waals surface area contributed by atoms with Gasteiger partial charge in [-0.1, -0.05) is 73.2 Å². The SMILES string of the molecule is CCc1cccc(CNCCCNC=O)c1.Cc1cc(C(=O)N(C)Cc2nc(C)cs2)cc(C(F)F)c1.Cc1ccccc1. The lowest BCUT2D eigenvalue weighted by atomic mass is 10.1. The fourth-order valence-corrected chi connectivity index (χ4v) is 4.96. The van der Waals surface area contributed by atoms with Gasteiger partial charge in [0.15, 0.2) is 0 Å². The summed E-state index contributed by atoms with van der Waals surface area (Å²) < 4.78 is 25.6. The smallest absolute Gasteiger partial charge is 0.263 e. The number of benzene rings is 3. The Morgan fingerprint density at radius 1 is 0.955 bits per heavy atom. The topological polar surface area (TPSA) is 74.3 Å². The number of alkyl halides is 2. The molecular weight excluding hydrogens is 578 g/mol. The minimum Gasteiger partial charge on any atom is -0.359 e. The van der Waals surface area contributed by atoms with Crippen molar-refractivity contribution in [3.05, 3.63) is 122 Å². The summed E-state index contributed by atoms with van der Waals surface area (Å²) in [5, 5.41) is 8.74. The fourth-order valence-electron chi connectivity index (χ4n) is 4.13. The van der Waals surface area contributed by atoms with Gasteiger partial charge in [0.05, 0.1) is 6.54 Å². The van der Waals surface area contributed by atoms with E-state index in [-0.39, 0.29) is 17.0 Å². The number of carbonyl (C=O) groups is 2. The maximum absolute atomic E-state index is 12.8. The molecule has 0 saturated carbocycles. The molecule has 2 amide bonds. The highest BCUT2D eigenvalue weighted by molar-refractivity contribution is 7.09. The van der Waals surface area contributed by atoms with E-state index >= 15 is 0 Å². The second-order valence-corrected chi connectivity index (χ2v) is 11.4. The van der Waals surface area contributed by atoms with Crippen LogP contribution in [0.5, 0.6) is 0 Å². The summed E-state index contributed by atoms with van der Waals surface area (Å²) in [4.78, 5) is 28.1. The normalized spacial score (nSPS) is 10.3. The van der Waals surface area contributed by atoms with Crippen LogP contribution < -0.4 is 10.6 Å². The van der Waals surface area contributed by atoms with E-state index in [0.717, 1.165) is 49.6 Å². The maximum Gasteiger partial charge on any atom is 0.263 e. The molecule has 2 N–H and O–H groups in total. The van der Waals surface area contributed by atoms with Gasteiger partial charge in [-0.2, -0.15) is 0 Å². The predicted molar refractivity (Wildman–Crippen MR) is 176 cm³/mol. The summed E-state index contributed by atoms with van der Waals surface area (Å²) in [5.74, 6) is -0.284. The van der Waals surface area contributed by atoms with Crippen molar-refractivity contribution in [2.75, 3.05) is 20.1 Å². The van der Waals surface area contributed by atoms with E-state index in [0.29, 0.717) is 12.1 Å². The molecule has 9 heteroatoms. The second-order valence-electron chi connectivity index (χ2n) is 10.4. The summed E-state index contributed by atoms with van der Waals surface area (Å²) in [6.45, 7) is 10.8. The van der Waals surface area contributed by atoms with E-state index in [1.165, 1.54) is 45.1 Å². The molecule has 0 unspecified atom stereocenters. The molecule has 0 aliphatic carbocycles. The number of halogens is 2. The largest absolute Gasteiger partial charge is 0.359 e. The molecule has 1 aromatic heterocycles. The molecule has 1 heterocycles. The minimum atomic E-state index is -2.58. The number of rotatable bonds is 12. The van der Waals surface area contributed by atoms with Gasteiger partial charge in [0, 0.05) is 42.3 Å². The van der Waals surface area contributed by atoms with Crippen LogP contribution in [0.15, 0.2) is 78.2 Å². The van der Waals surface area contributed by atoms with Gasteiger partial charge in [-0.15, -0.1) is 11.3 Å². The molecule has 0 fully saturated rings. The Bertz CT molecular complexity index is 1410. The van der Waals surface area contributed by atoms with Gasteiger partial charge < -0.3 is 15.5 Å². The Morgan fingerprint density at radius 3 is 2.27 bits per heavy atom. The Morgan fingerprint density at radius 2 is 1.68 bits per heavy atom. The highest BCUT2D eigenvalue weighted by Gasteiger charge is 2.17. The summed E-state index contributed by atoms with van der Waals surface area (Å²) in [5.41, 5.74) is 5.73. The van der Waals surface area contributed by atoms with Crippen LogP contribution in [0.25, 0.3) is 0 Å². The van der Waals surface area contributed by atoms with Gasteiger partial charge in [-0.25, -0.2) is 13.8 Å². The van der Waals surface area contributed by atoms with Crippen molar-refractivity contribution in [3.8, 4) is 0 Å². The van der Waals surface area contributed by atoms with Gasteiger partial charge in [0.25, 0.3) is 12.3 Å². The molecule has 0 atom stereocenters. The first-order valence-electron chi connectivity index (χ1n) is 14.7. The van der Waals surface area contributed by atoms with Crippen molar-refractivity contribution < 1.29 is 18.4 Å². The summed E-state index contributed by atoms with van der Waals surface area (Å²) >= 11 is 1.48. The molecule has 0 saturated heterocycles. The van der Waals surface area contributed by atoms with Crippen molar-refractivity contribution in [1.29, 1.82) is 0 Å². The molecule has 0 bridgehead atoms. The number of carbonyl (C=O) groups excluding carboxylic acids is 2. The van der Waals surface area contributed by atoms with Crippen LogP contribution in [0.1, 0.15) is 68.6 Å². The van der Waals surface area contributed by atoms with Gasteiger partial charge >= 0.3 is 0 Å². The molecule has 236 valence electrons.